The summed E-state index contributed by atoms with van der Waals surface area (Å²) in [6.45, 7) is 2.76. The summed E-state index contributed by atoms with van der Waals surface area (Å²) >= 11 is 3.12. The van der Waals surface area contributed by atoms with Gasteiger partial charge in [0, 0.05) is 32.4 Å². The predicted octanol–water partition coefficient (Wildman–Crippen LogP) is 4.36. The van der Waals surface area contributed by atoms with E-state index in [9.17, 15) is 9.18 Å². The molecule has 1 aliphatic heterocycles. The zero-order valence-corrected chi connectivity index (χ0v) is 16.8. The van der Waals surface area contributed by atoms with Crippen LogP contribution in [0.4, 0.5) is 15.0 Å². The van der Waals surface area contributed by atoms with Crippen LogP contribution in [-0.2, 0) is 13.1 Å². The van der Waals surface area contributed by atoms with Crippen LogP contribution in [0, 0.1) is 5.82 Å². The highest BCUT2D eigenvalue weighted by molar-refractivity contribution is 9.10. The largest absolute Gasteiger partial charge is 0.357 e. The van der Waals surface area contributed by atoms with Gasteiger partial charge in [0.1, 0.15) is 11.6 Å². The molecular formula is C20H24BrFN4O. The lowest BCUT2D eigenvalue weighted by Gasteiger charge is -2.21. The van der Waals surface area contributed by atoms with Crippen molar-refractivity contribution in [3.05, 3.63) is 57.9 Å². The van der Waals surface area contributed by atoms with Crippen molar-refractivity contribution in [2.24, 2.45) is 0 Å². The smallest absolute Gasteiger partial charge is 0.315 e. The number of hydrogen-bond donors (Lipinski definition) is 2. The SMILES string of the molecule is O=C(NCc1ccnc(N2CCCCCC2)c1)NCc1ccc(Br)c(F)c1. The number of nitrogens with zero attached hydrogens (tertiary/aromatic N) is 2. The Morgan fingerprint density at radius 3 is 2.37 bits per heavy atom. The van der Waals surface area contributed by atoms with Crippen LogP contribution in [0.5, 0.6) is 0 Å². The first-order valence-electron chi connectivity index (χ1n) is 9.27. The quantitative estimate of drug-likeness (QED) is 0.734. The molecule has 27 heavy (non-hydrogen) atoms. The Balaban J connectivity index is 1.49. The molecular weight excluding hydrogens is 411 g/mol. The number of rotatable bonds is 5. The monoisotopic (exact) mass is 434 g/mol. The van der Waals surface area contributed by atoms with E-state index in [4.69, 9.17) is 0 Å². The van der Waals surface area contributed by atoms with Crippen LogP contribution in [0.15, 0.2) is 41.0 Å². The summed E-state index contributed by atoms with van der Waals surface area (Å²) in [7, 11) is 0. The molecule has 1 fully saturated rings. The van der Waals surface area contributed by atoms with Crippen LogP contribution < -0.4 is 15.5 Å². The Bertz CT molecular complexity index is 778. The molecule has 0 aliphatic carbocycles. The second-order valence-corrected chi connectivity index (χ2v) is 7.56. The summed E-state index contributed by atoms with van der Waals surface area (Å²) in [6, 6.07) is 8.46. The van der Waals surface area contributed by atoms with E-state index < -0.39 is 0 Å². The number of urea groups is 1. The highest BCUT2D eigenvalue weighted by Crippen LogP contribution is 2.18. The Hall–Kier alpha value is -2.15. The van der Waals surface area contributed by atoms with Crippen molar-refractivity contribution in [2.75, 3.05) is 18.0 Å². The fraction of sp³-hybridized carbons (Fsp3) is 0.400. The van der Waals surface area contributed by atoms with Gasteiger partial charge in [-0.15, -0.1) is 0 Å². The van der Waals surface area contributed by atoms with Crippen molar-refractivity contribution < 1.29 is 9.18 Å². The maximum absolute atomic E-state index is 13.5. The molecule has 2 amide bonds. The van der Waals surface area contributed by atoms with Gasteiger partial charge < -0.3 is 15.5 Å². The Labute approximate surface area is 167 Å². The number of benzene rings is 1. The third kappa shape index (κ3) is 5.92. The first-order valence-corrected chi connectivity index (χ1v) is 10.1. The second-order valence-electron chi connectivity index (χ2n) is 6.71. The third-order valence-corrected chi connectivity index (χ3v) is 5.27. The molecule has 0 bridgehead atoms. The fourth-order valence-corrected chi connectivity index (χ4v) is 3.37. The highest BCUT2D eigenvalue weighted by Gasteiger charge is 2.11. The Kier molecular flexibility index (Phi) is 7.04. The van der Waals surface area contributed by atoms with Crippen molar-refractivity contribution >= 4 is 27.8 Å². The van der Waals surface area contributed by atoms with E-state index >= 15 is 0 Å². The van der Waals surface area contributed by atoms with Crippen LogP contribution in [0.3, 0.4) is 0 Å². The number of hydrogen-bond acceptors (Lipinski definition) is 3. The average Bonchev–Trinajstić information content (AvgIpc) is 2.97. The van der Waals surface area contributed by atoms with Crippen LogP contribution >= 0.6 is 15.9 Å². The van der Waals surface area contributed by atoms with Gasteiger partial charge in [0.2, 0.25) is 0 Å². The summed E-state index contributed by atoms with van der Waals surface area (Å²) in [5.41, 5.74) is 1.72. The van der Waals surface area contributed by atoms with E-state index in [0.717, 1.165) is 24.5 Å². The van der Waals surface area contributed by atoms with Crippen LogP contribution in [0.1, 0.15) is 36.8 Å². The summed E-state index contributed by atoms with van der Waals surface area (Å²) in [5.74, 6) is 0.634. The van der Waals surface area contributed by atoms with Gasteiger partial charge in [0.15, 0.2) is 0 Å². The number of amides is 2. The maximum atomic E-state index is 13.5. The van der Waals surface area contributed by atoms with Gasteiger partial charge in [-0.05, 0) is 64.2 Å². The van der Waals surface area contributed by atoms with Gasteiger partial charge in [-0.2, -0.15) is 0 Å². The minimum Gasteiger partial charge on any atom is -0.357 e. The second kappa shape index (κ2) is 9.69. The first-order chi connectivity index (χ1) is 13.1. The van der Waals surface area contributed by atoms with Gasteiger partial charge >= 0.3 is 6.03 Å². The van der Waals surface area contributed by atoms with Crippen LogP contribution in [0.2, 0.25) is 0 Å². The zero-order valence-electron chi connectivity index (χ0n) is 15.2. The summed E-state index contributed by atoms with van der Waals surface area (Å²) in [5, 5.41) is 5.58. The van der Waals surface area contributed by atoms with Gasteiger partial charge in [0.05, 0.1) is 4.47 Å². The van der Waals surface area contributed by atoms with Gasteiger partial charge in [-0.1, -0.05) is 18.9 Å². The molecule has 0 spiro atoms. The predicted molar refractivity (Wildman–Crippen MR) is 108 cm³/mol. The van der Waals surface area contributed by atoms with Crippen LogP contribution in [0.25, 0.3) is 0 Å². The number of carbonyl (C=O) groups excluding carboxylic acids is 1. The zero-order chi connectivity index (χ0) is 19.1. The number of nitrogens with one attached hydrogen (secondary N) is 2. The minimum absolute atomic E-state index is 0.269. The number of aromatic nitrogens is 1. The molecule has 2 aromatic rings. The molecule has 2 heterocycles. The first kappa shape index (κ1) is 19.6. The van der Waals surface area contributed by atoms with Gasteiger partial charge in [-0.25, -0.2) is 14.2 Å². The lowest BCUT2D eigenvalue weighted by Crippen LogP contribution is -2.34. The number of pyridine rings is 1. The molecule has 0 atom stereocenters. The minimum atomic E-state index is -0.340. The van der Waals surface area contributed by atoms with Gasteiger partial charge in [0.25, 0.3) is 0 Å². The topological polar surface area (TPSA) is 57.3 Å². The van der Waals surface area contributed by atoms with Gasteiger partial charge in [-0.3, -0.25) is 0 Å². The van der Waals surface area contributed by atoms with E-state index in [1.807, 2.05) is 12.1 Å². The molecule has 3 rings (SSSR count). The van der Waals surface area contributed by atoms with Crippen molar-refractivity contribution in [1.29, 1.82) is 0 Å². The molecule has 5 nitrogen and oxygen atoms in total. The highest BCUT2D eigenvalue weighted by atomic mass is 79.9. The lowest BCUT2D eigenvalue weighted by atomic mass is 10.2. The maximum Gasteiger partial charge on any atom is 0.315 e. The molecule has 0 radical (unpaired) electrons. The van der Waals surface area contributed by atoms with Crippen molar-refractivity contribution in [2.45, 2.75) is 38.8 Å². The Morgan fingerprint density at radius 1 is 1.04 bits per heavy atom. The molecule has 1 aromatic carbocycles. The van der Waals surface area contributed by atoms with Crippen LogP contribution in [-0.4, -0.2) is 24.1 Å². The number of halogens is 2. The molecule has 144 valence electrons. The molecule has 1 aromatic heterocycles. The van der Waals surface area contributed by atoms with E-state index in [0.29, 0.717) is 16.6 Å². The summed E-state index contributed by atoms with van der Waals surface area (Å²) in [6.07, 6.45) is 6.74. The molecule has 1 saturated heterocycles. The molecule has 7 heteroatoms. The molecule has 1 aliphatic rings. The summed E-state index contributed by atoms with van der Waals surface area (Å²) in [4.78, 5) is 18.8. The van der Waals surface area contributed by atoms with E-state index in [1.54, 1.807) is 18.3 Å². The lowest BCUT2D eigenvalue weighted by molar-refractivity contribution is 0.240. The van der Waals surface area contributed by atoms with Crippen molar-refractivity contribution in [3.63, 3.8) is 0 Å². The average molecular weight is 435 g/mol. The normalized spacial score (nSPS) is 14.5. The summed E-state index contributed by atoms with van der Waals surface area (Å²) < 4.78 is 13.9. The van der Waals surface area contributed by atoms with E-state index in [2.05, 4.69) is 36.4 Å². The van der Waals surface area contributed by atoms with Crippen molar-refractivity contribution in [1.82, 2.24) is 15.6 Å². The Morgan fingerprint density at radius 2 is 1.70 bits per heavy atom. The molecule has 0 unspecified atom stereocenters. The fourth-order valence-electron chi connectivity index (χ4n) is 3.12. The molecule has 2 N–H and O–H groups in total. The number of anilines is 1. The van der Waals surface area contributed by atoms with E-state index in [1.165, 1.54) is 31.7 Å². The van der Waals surface area contributed by atoms with Crippen molar-refractivity contribution in [3.8, 4) is 0 Å². The standard InChI is InChI=1S/C20H24BrFN4O/c21-17-6-5-15(11-18(17)22)13-24-20(27)25-14-16-7-8-23-19(12-16)26-9-3-1-2-4-10-26/h5-8,11-12H,1-4,9-10,13-14H2,(H2,24,25,27). The number of carbonyl (C=O) groups is 1. The molecule has 0 saturated carbocycles. The third-order valence-electron chi connectivity index (χ3n) is 4.63. The van der Waals surface area contributed by atoms with E-state index in [-0.39, 0.29) is 18.4 Å².